The SMILES string of the molecule is CCCNC(=O)C1CCN(C(=O)c2ccc(C)cc2)CC1. The Labute approximate surface area is 126 Å². The number of aryl methyl sites for hydroxylation is 1. The number of carbonyl (C=O) groups is 2. The van der Waals surface area contributed by atoms with E-state index >= 15 is 0 Å². The molecule has 0 radical (unpaired) electrons. The highest BCUT2D eigenvalue weighted by atomic mass is 16.2. The normalized spacial score (nSPS) is 15.8. The van der Waals surface area contributed by atoms with Crippen LogP contribution in [0.3, 0.4) is 0 Å². The third kappa shape index (κ3) is 4.06. The molecule has 2 amide bonds. The molecule has 0 aromatic heterocycles. The summed E-state index contributed by atoms with van der Waals surface area (Å²) in [5.74, 6) is 0.264. The molecule has 0 unspecified atom stereocenters. The van der Waals surface area contributed by atoms with Gasteiger partial charge in [-0.25, -0.2) is 0 Å². The summed E-state index contributed by atoms with van der Waals surface area (Å²) in [6.45, 7) is 6.12. The Morgan fingerprint density at radius 1 is 1.19 bits per heavy atom. The second-order valence-corrected chi connectivity index (χ2v) is 5.72. The molecule has 114 valence electrons. The average molecular weight is 288 g/mol. The van der Waals surface area contributed by atoms with Crippen LogP contribution in [0.4, 0.5) is 0 Å². The number of benzene rings is 1. The summed E-state index contributed by atoms with van der Waals surface area (Å²) in [6.07, 6.45) is 2.47. The number of piperidine rings is 1. The Hall–Kier alpha value is -1.84. The highest BCUT2D eigenvalue weighted by molar-refractivity contribution is 5.94. The first-order chi connectivity index (χ1) is 10.1. The minimum absolute atomic E-state index is 0.0543. The molecule has 4 nitrogen and oxygen atoms in total. The molecule has 0 aliphatic carbocycles. The minimum Gasteiger partial charge on any atom is -0.356 e. The van der Waals surface area contributed by atoms with Crippen molar-refractivity contribution in [2.24, 2.45) is 5.92 Å². The van der Waals surface area contributed by atoms with Gasteiger partial charge in [0.05, 0.1) is 0 Å². The lowest BCUT2D eigenvalue weighted by Crippen LogP contribution is -2.43. The van der Waals surface area contributed by atoms with E-state index in [4.69, 9.17) is 0 Å². The zero-order chi connectivity index (χ0) is 15.2. The van der Waals surface area contributed by atoms with Crippen LogP contribution in [0.2, 0.25) is 0 Å². The van der Waals surface area contributed by atoms with Crippen LogP contribution in [-0.4, -0.2) is 36.3 Å². The lowest BCUT2D eigenvalue weighted by atomic mass is 9.95. The minimum atomic E-state index is 0.0543. The molecule has 21 heavy (non-hydrogen) atoms. The standard InChI is InChI=1S/C17H24N2O2/c1-3-10-18-16(20)14-8-11-19(12-9-14)17(21)15-6-4-13(2)5-7-15/h4-7,14H,3,8-12H2,1-2H3,(H,18,20). The van der Waals surface area contributed by atoms with Crippen molar-refractivity contribution < 1.29 is 9.59 Å². The smallest absolute Gasteiger partial charge is 0.253 e. The van der Waals surface area contributed by atoms with Crippen molar-refractivity contribution in [2.75, 3.05) is 19.6 Å². The molecule has 1 fully saturated rings. The van der Waals surface area contributed by atoms with Crippen molar-refractivity contribution in [2.45, 2.75) is 33.1 Å². The maximum absolute atomic E-state index is 12.4. The highest BCUT2D eigenvalue weighted by Crippen LogP contribution is 2.19. The second kappa shape index (κ2) is 7.25. The Balaban J connectivity index is 1.87. The van der Waals surface area contributed by atoms with Crippen LogP contribution in [-0.2, 0) is 4.79 Å². The summed E-state index contributed by atoms with van der Waals surface area (Å²) in [5.41, 5.74) is 1.88. The first-order valence-electron chi connectivity index (χ1n) is 7.75. The van der Waals surface area contributed by atoms with E-state index < -0.39 is 0 Å². The predicted molar refractivity (Wildman–Crippen MR) is 83.1 cm³/mol. The van der Waals surface area contributed by atoms with E-state index in [1.54, 1.807) is 0 Å². The number of hydrogen-bond acceptors (Lipinski definition) is 2. The molecule has 1 heterocycles. The zero-order valence-electron chi connectivity index (χ0n) is 12.9. The Morgan fingerprint density at radius 3 is 2.38 bits per heavy atom. The van der Waals surface area contributed by atoms with Gasteiger partial charge in [-0.3, -0.25) is 9.59 Å². The number of hydrogen-bond donors (Lipinski definition) is 1. The lowest BCUT2D eigenvalue weighted by molar-refractivity contribution is -0.126. The van der Waals surface area contributed by atoms with Gasteiger partial charge in [0.2, 0.25) is 5.91 Å². The summed E-state index contributed by atoms with van der Waals surface area (Å²) in [5, 5.41) is 2.94. The average Bonchev–Trinajstić information content (AvgIpc) is 2.53. The van der Waals surface area contributed by atoms with Gasteiger partial charge >= 0.3 is 0 Å². The van der Waals surface area contributed by atoms with Gasteiger partial charge in [-0.15, -0.1) is 0 Å². The van der Waals surface area contributed by atoms with Crippen LogP contribution in [0.25, 0.3) is 0 Å². The summed E-state index contributed by atoms with van der Waals surface area (Å²) in [6, 6.07) is 7.66. The fourth-order valence-electron chi connectivity index (χ4n) is 2.62. The van der Waals surface area contributed by atoms with Crippen LogP contribution in [0, 0.1) is 12.8 Å². The summed E-state index contributed by atoms with van der Waals surface area (Å²) in [4.78, 5) is 26.2. The molecular formula is C17H24N2O2. The van der Waals surface area contributed by atoms with Crippen LogP contribution in [0.15, 0.2) is 24.3 Å². The number of nitrogens with zero attached hydrogens (tertiary/aromatic N) is 1. The molecule has 0 saturated carbocycles. The van der Waals surface area contributed by atoms with Crippen molar-refractivity contribution in [1.82, 2.24) is 10.2 Å². The Morgan fingerprint density at radius 2 is 1.81 bits per heavy atom. The number of rotatable bonds is 4. The molecule has 4 heteroatoms. The molecule has 0 atom stereocenters. The molecule has 2 rings (SSSR count). The molecule has 1 aromatic rings. The van der Waals surface area contributed by atoms with E-state index in [1.807, 2.05) is 43.0 Å². The fraction of sp³-hybridized carbons (Fsp3) is 0.529. The van der Waals surface area contributed by atoms with Crippen LogP contribution in [0.5, 0.6) is 0 Å². The van der Waals surface area contributed by atoms with E-state index in [0.29, 0.717) is 13.1 Å². The van der Waals surface area contributed by atoms with Gasteiger partial charge in [-0.2, -0.15) is 0 Å². The van der Waals surface area contributed by atoms with Crippen molar-refractivity contribution in [1.29, 1.82) is 0 Å². The Kier molecular flexibility index (Phi) is 5.37. The molecule has 0 spiro atoms. The van der Waals surface area contributed by atoms with Crippen molar-refractivity contribution in [3.05, 3.63) is 35.4 Å². The molecule has 1 N–H and O–H groups in total. The molecular weight excluding hydrogens is 264 g/mol. The Bertz CT molecular complexity index is 488. The van der Waals surface area contributed by atoms with Gasteiger partial charge in [-0.05, 0) is 38.3 Å². The number of likely N-dealkylation sites (tertiary alicyclic amines) is 1. The second-order valence-electron chi connectivity index (χ2n) is 5.72. The fourth-order valence-corrected chi connectivity index (χ4v) is 2.62. The van der Waals surface area contributed by atoms with Gasteiger partial charge in [0, 0.05) is 31.1 Å². The van der Waals surface area contributed by atoms with Crippen LogP contribution in [0.1, 0.15) is 42.1 Å². The molecule has 1 aliphatic heterocycles. The van der Waals surface area contributed by atoms with Crippen LogP contribution < -0.4 is 5.32 Å². The topological polar surface area (TPSA) is 49.4 Å². The van der Waals surface area contributed by atoms with E-state index in [2.05, 4.69) is 5.32 Å². The number of nitrogens with one attached hydrogen (secondary N) is 1. The monoisotopic (exact) mass is 288 g/mol. The van der Waals surface area contributed by atoms with E-state index in [1.165, 1.54) is 0 Å². The van der Waals surface area contributed by atoms with E-state index in [9.17, 15) is 9.59 Å². The largest absolute Gasteiger partial charge is 0.356 e. The van der Waals surface area contributed by atoms with Crippen LogP contribution >= 0.6 is 0 Å². The van der Waals surface area contributed by atoms with E-state index in [0.717, 1.165) is 36.9 Å². The van der Waals surface area contributed by atoms with Crippen molar-refractivity contribution >= 4 is 11.8 Å². The predicted octanol–water partition coefficient (Wildman–Crippen LogP) is 2.37. The van der Waals surface area contributed by atoms with Gasteiger partial charge < -0.3 is 10.2 Å². The van der Waals surface area contributed by atoms with Gasteiger partial charge in [0.1, 0.15) is 0 Å². The first kappa shape index (κ1) is 15.5. The first-order valence-corrected chi connectivity index (χ1v) is 7.75. The molecule has 1 aromatic carbocycles. The maximum Gasteiger partial charge on any atom is 0.253 e. The van der Waals surface area contributed by atoms with Gasteiger partial charge in [-0.1, -0.05) is 24.6 Å². The maximum atomic E-state index is 12.4. The molecule has 0 bridgehead atoms. The number of amides is 2. The zero-order valence-corrected chi connectivity index (χ0v) is 12.9. The summed E-state index contributed by atoms with van der Waals surface area (Å²) < 4.78 is 0. The third-order valence-corrected chi connectivity index (χ3v) is 4.00. The molecule has 1 aliphatic rings. The van der Waals surface area contributed by atoms with Gasteiger partial charge in [0.15, 0.2) is 0 Å². The molecule has 1 saturated heterocycles. The quantitative estimate of drug-likeness (QED) is 0.924. The lowest BCUT2D eigenvalue weighted by Gasteiger charge is -2.31. The third-order valence-electron chi connectivity index (χ3n) is 4.00. The highest BCUT2D eigenvalue weighted by Gasteiger charge is 2.27. The summed E-state index contributed by atoms with van der Waals surface area (Å²) in [7, 11) is 0. The summed E-state index contributed by atoms with van der Waals surface area (Å²) >= 11 is 0. The van der Waals surface area contributed by atoms with Gasteiger partial charge in [0.25, 0.3) is 5.91 Å². The van der Waals surface area contributed by atoms with E-state index in [-0.39, 0.29) is 17.7 Å². The number of carbonyl (C=O) groups excluding carboxylic acids is 2. The van der Waals surface area contributed by atoms with Crippen molar-refractivity contribution in [3.8, 4) is 0 Å². The van der Waals surface area contributed by atoms with Crippen molar-refractivity contribution in [3.63, 3.8) is 0 Å².